The van der Waals surface area contributed by atoms with Crippen molar-refractivity contribution in [2.75, 3.05) is 13.2 Å². The summed E-state index contributed by atoms with van der Waals surface area (Å²) in [7, 11) is 0. The fourth-order valence-corrected chi connectivity index (χ4v) is 6.72. The van der Waals surface area contributed by atoms with Gasteiger partial charge in [0.2, 0.25) is 0 Å². The summed E-state index contributed by atoms with van der Waals surface area (Å²) >= 11 is 6.03. The van der Waals surface area contributed by atoms with Gasteiger partial charge in [-0.25, -0.2) is 0 Å². The lowest BCUT2D eigenvalue weighted by molar-refractivity contribution is -0.119. The molecule has 0 spiro atoms. The number of allylic oxidation sites excluding steroid dienone is 4. The molecule has 6 heteroatoms. The Kier molecular flexibility index (Phi) is 7.64. The van der Waals surface area contributed by atoms with Crippen LogP contribution in [0.2, 0.25) is 5.02 Å². The van der Waals surface area contributed by atoms with E-state index in [1.165, 1.54) is 0 Å². The Bertz CT molecular complexity index is 1350. The number of rotatable bonds is 7. The maximum atomic E-state index is 13.9. The topological polar surface area (TPSA) is 55.8 Å². The molecule has 2 aromatic carbocycles. The summed E-state index contributed by atoms with van der Waals surface area (Å²) < 4.78 is 12.2. The first-order valence-electron chi connectivity index (χ1n) is 14.4. The van der Waals surface area contributed by atoms with E-state index in [1.807, 2.05) is 49.4 Å². The second-order valence-electron chi connectivity index (χ2n) is 12.8. The molecule has 0 saturated heterocycles. The Labute approximate surface area is 243 Å². The highest BCUT2D eigenvalue weighted by Crippen LogP contribution is 2.54. The van der Waals surface area contributed by atoms with Crippen LogP contribution in [0.3, 0.4) is 0 Å². The molecule has 1 heterocycles. The van der Waals surface area contributed by atoms with Crippen LogP contribution in [0, 0.1) is 10.8 Å². The first-order chi connectivity index (χ1) is 18.9. The number of carbonyl (C=O) groups excluding carboxylic acids is 2. The molecular weight excluding hydrogens is 522 g/mol. The average molecular weight is 562 g/mol. The quantitative estimate of drug-likeness (QED) is 0.342. The molecular formula is C34H40ClNO4. The van der Waals surface area contributed by atoms with E-state index in [9.17, 15) is 9.59 Å². The highest BCUT2D eigenvalue weighted by molar-refractivity contribution is 6.30. The van der Waals surface area contributed by atoms with Gasteiger partial charge in [0.05, 0.1) is 6.61 Å². The van der Waals surface area contributed by atoms with Crippen molar-refractivity contribution in [3.05, 3.63) is 81.2 Å². The van der Waals surface area contributed by atoms with Crippen molar-refractivity contribution in [2.45, 2.75) is 79.8 Å². The molecule has 0 saturated carbocycles. The molecule has 0 N–H and O–H groups in total. The van der Waals surface area contributed by atoms with Crippen LogP contribution >= 0.6 is 11.6 Å². The number of ketones is 2. The van der Waals surface area contributed by atoms with Crippen LogP contribution in [0.25, 0.3) is 0 Å². The van der Waals surface area contributed by atoms with Gasteiger partial charge in [-0.3, -0.25) is 9.59 Å². The summed E-state index contributed by atoms with van der Waals surface area (Å²) in [5.41, 5.74) is 5.37. The SMILES string of the molecule is CCOc1cc(C2C3=C(CC(C)(C)CC3=O)N(CC)C3=C2C(=O)CC(C)(C)C3)ccc1OCc1ccc(Cl)cc1. The van der Waals surface area contributed by atoms with E-state index >= 15 is 0 Å². The van der Waals surface area contributed by atoms with Gasteiger partial charge in [0.25, 0.3) is 0 Å². The molecule has 5 rings (SSSR count). The lowest BCUT2D eigenvalue weighted by Crippen LogP contribution is -2.44. The molecule has 1 aliphatic heterocycles. The third kappa shape index (κ3) is 5.45. The second-order valence-corrected chi connectivity index (χ2v) is 13.3. The standard InChI is InChI=1S/C34H40ClNO4/c1-7-36-24-16-33(3,4)18-26(37)31(24)30(32-25(36)17-34(5,6)19-27(32)38)22-11-14-28(29(15-22)39-8-2)40-20-21-9-12-23(35)13-10-21/h9-15,30H,7-8,16-20H2,1-6H3. The maximum absolute atomic E-state index is 13.9. The number of benzene rings is 2. The van der Waals surface area contributed by atoms with Gasteiger partial charge in [0.1, 0.15) is 6.61 Å². The van der Waals surface area contributed by atoms with Crippen LogP contribution in [0.15, 0.2) is 65.0 Å². The summed E-state index contributed by atoms with van der Waals surface area (Å²) in [5, 5.41) is 0.681. The first-order valence-corrected chi connectivity index (χ1v) is 14.7. The summed E-state index contributed by atoms with van der Waals surface area (Å²) in [6.07, 6.45) is 2.57. The molecule has 5 nitrogen and oxygen atoms in total. The summed E-state index contributed by atoms with van der Waals surface area (Å²) in [4.78, 5) is 30.0. The fourth-order valence-electron chi connectivity index (χ4n) is 6.60. The normalized spacial score (nSPS) is 20.4. The van der Waals surface area contributed by atoms with E-state index in [4.69, 9.17) is 21.1 Å². The third-order valence-corrected chi connectivity index (χ3v) is 8.50. The molecule has 212 valence electrons. The molecule has 40 heavy (non-hydrogen) atoms. The Balaban J connectivity index is 1.61. The minimum absolute atomic E-state index is 0.129. The van der Waals surface area contributed by atoms with E-state index in [0.717, 1.165) is 53.1 Å². The predicted octanol–water partition coefficient (Wildman–Crippen LogP) is 8.02. The van der Waals surface area contributed by atoms with Gasteiger partial charge in [-0.15, -0.1) is 0 Å². The van der Waals surface area contributed by atoms with Gasteiger partial charge >= 0.3 is 0 Å². The maximum Gasteiger partial charge on any atom is 0.162 e. The van der Waals surface area contributed by atoms with Crippen LogP contribution in [0.4, 0.5) is 0 Å². The van der Waals surface area contributed by atoms with Crippen molar-refractivity contribution in [3.63, 3.8) is 0 Å². The van der Waals surface area contributed by atoms with Gasteiger partial charge in [-0.2, -0.15) is 0 Å². The fraction of sp³-hybridized carbons (Fsp3) is 0.471. The largest absolute Gasteiger partial charge is 0.490 e. The Morgan fingerprint density at radius 2 is 1.38 bits per heavy atom. The number of halogens is 1. The van der Waals surface area contributed by atoms with Gasteiger partial charge in [0, 0.05) is 52.9 Å². The highest BCUT2D eigenvalue weighted by Gasteiger charge is 2.48. The lowest BCUT2D eigenvalue weighted by atomic mass is 9.63. The number of hydrogen-bond acceptors (Lipinski definition) is 5. The number of hydrogen-bond donors (Lipinski definition) is 0. The monoisotopic (exact) mass is 561 g/mol. The number of Topliss-reactive ketones (excluding diaryl/α,β-unsaturated/α-hetero) is 2. The second kappa shape index (κ2) is 10.7. The van der Waals surface area contributed by atoms with Crippen LogP contribution in [-0.4, -0.2) is 29.6 Å². The van der Waals surface area contributed by atoms with Crippen LogP contribution in [0.5, 0.6) is 11.5 Å². The zero-order chi connectivity index (χ0) is 28.8. The zero-order valence-corrected chi connectivity index (χ0v) is 25.3. The van der Waals surface area contributed by atoms with Gasteiger partial charge < -0.3 is 14.4 Å². The Morgan fingerprint density at radius 3 is 1.90 bits per heavy atom. The van der Waals surface area contributed by atoms with Crippen molar-refractivity contribution >= 4 is 23.2 Å². The van der Waals surface area contributed by atoms with Crippen LogP contribution in [-0.2, 0) is 16.2 Å². The van der Waals surface area contributed by atoms with E-state index in [1.54, 1.807) is 0 Å². The van der Waals surface area contributed by atoms with Crippen molar-refractivity contribution in [3.8, 4) is 11.5 Å². The van der Waals surface area contributed by atoms with E-state index in [2.05, 4.69) is 39.5 Å². The minimum atomic E-state index is -0.399. The number of nitrogens with zero attached hydrogens (tertiary/aromatic N) is 1. The van der Waals surface area contributed by atoms with Crippen LogP contribution < -0.4 is 9.47 Å². The van der Waals surface area contributed by atoms with Crippen molar-refractivity contribution in [2.24, 2.45) is 10.8 Å². The highest BCUT2D eigenvalue weighted by atomic mass is 35.5. The predicted molar refractivity (Wildman–Crippen MR) is 159 cm³/mol. The molecule has 0 atom stereocenters. The smallest absolute Gasteiger partial charge is 0.162 e. The summed E-state index contributed by atoms with van der Waals surface area (Å²) in [6.45, 7) is 14.3. The van der Waals surface area contributed by atoms with Crippen molar-refractivity contribution < 1.29 is 19.1 Å². The van der Waals surface area contributed by atoms with E-state index < -0.39 is 5.92 Å². The van der Waals surface area contributed by atoms with Crippen molar-refractivity contribution in [1.29, 1.82) is 0 Å². The lowest BCUT2D eigenvalue weighted by Gasteiger charge is -2.48. The minimum Gasteiger partial charge on any atom is -0.490 e. The van der Waals surface area contributed by atoms with E-state index in [0.29, 0.717) is 42.6 Å². The molecule has 0 bridgehead atoms. The number of ether oxygens (including phenoxy) is 2. The number of carbonyl (C=O) groups is 2. The van der Waals surface area contributed by atoms with Crippen LogP contribution in [0.1, 0.15) is 84.3 Å². The zero-order valence-electron chi connectivity index (χ0n) is 24.5. The molecule has 3 aliphatic rings. The Hall–Kier alpha value is -3.05. The molecule has 0 unspecified atom stereocenters. The molecule has 0 amide bonds. The Morgan fingerprint density at radius 1 is 0.800 bits per heavy atom. The van der Waals surface area contributed by atoms with Gasteiger partial charge in [-0.05, 0) is 72.9 Å². The molecule has 2 aromatic rings. The molecule has 0 aromatic heterocycles. The van der Waals surface area contributed by atoms with Gasteiger partial charge in [0.15, 0.2) is 23.1 Å². The molecule has 2 aliphatic carbocycles. The third-order valence-electron chi connectivity index (χ3n) is 8.25. The molecule has 0 fully saturated rings. The first kappa shape index (κ1) is 28.5. The summed E-state index contributed by atoms with van der Waals surface area (Å²) in [6, 6.07) is 13.5. The average Bonchev–Trinajstić information content (AvgIpc) is 2.86. The summed E-state index contributed by atoms with van der Waals surface area (Å²) in [5.74, 6) is 1.12. The van der Waals surface area contributed by atoms with E-state index in [-0.39, 0.29) is 22.4 Å². The molecule has 0 radical (unpaired) electrons. The van der Waals surface area contributed by atoms with Crippen molar-refractivity contribution in [1.82, 2.24) is 4.90 Å². The van der Waals surface area contributed by atoms with Gasteiger partial charge in [-0.1, -0.05) is 57.5 Å².